The number of ether oxygens (including phenoxy) is 1. The second kappa shape index (κ2) is 7.98. The molecular formula is C14H20BrClN2O3. The third-order valence-electron chi connectivity index (χ3n) is 2.58. The summed E-state index contributed by atoms with van der Waals surface area (Å²) in [6.07, 6.45) is 0. The normalized spacial score (nSPS) is 13.9. The van der Waals surface area contributed by atoms with Gasteiger partial charge in [-0.2, -0.15) is 0 Å². The number of benzene rings is 1. The number of halogens is 2. The Morgan fingerprint density at radius 3 is 2.76 bits per heavy atom. The fraction of sp³-hybridized carbons (Fsp3) is 0.500. The Labute approximate surface area is 138 Å². The zero-order chi connectivity index (χ0) is 16.0. The second-order valence-corrected chi connectivity index (χ2v) is 6.67. The number of amides is 1. The number of nitrogens with zero attached hydrogens (tertiary/aromatic N) is 1. The van der Waals surface area contributed by atoms with Gasteiger partial charge in [0.05, 0.1) is 10.1 Å². The minimum atomic E-state index is -0.986. The molecule has 0 saturated heterocycles. The number of aliphatic hydroxyl groups is 1. The molecule has 0 saturated carbocycles. The zero-order valence-corrected chi connectivity index (χ0v) is 14.7. The first-order valence-electron chi connectivity index (χ1n) is 6.41. The Bertz CT molecular complexity index is 495. The average Bonchev–Trinajstić information content (AvgIpc) is 2.34. The van der Waals surface area contributed by atoms with Crippen LogP contribution < -0.4 is 10.1 Å². The van der Waals surface area contributed by atoms with Crippen molar-refractivity contribution < 1.29 is 14.6 Å². The summed E-state index contributed by atoms with van der Waals surface area (Å²) in [4.78, 5) is 13.6. The van der Waals surface area contributed by atoms with Crippen LogP contribution >= 0.6 is 27.5 Å². The van der Waals surface area contributed by atoms with Crippen LogP contribution in [0.15, 0.2) is 22.7 Å². The maximum absolute atomic E-state index is 11.7. The van der Waals surface area contributed by atoms with E-state index in [1.54, 1.807) is 25.1 Å². The summed E-state index contributed by atoms with van der Waals surface area (Å²) >= 11 is 9.13. The Balaban J connectivity index is 2.41. The molecule has 7 heteroatoms. The number of likely N-dealkylation sites (N-methyl/N-ethyl adjacent to an activating group) is 1. The van der Waals surface area contributed by atoms with Gasteiger partial charge in [-0.25, -0.2) is 0 Å². The highest BCUT2D eigenvalue weighted by Gasteiger charge is 2.22. The molecule has 0 aliphatic rings. The van der Waals surface area contributed by atoms with Crippen molar-refractivity contribution in [3.05, 3.63) is 27.7 Å². The number of hydrogen-bond donors (Lipinski definition) is 2. The summed E-state index contributed by atoms with van der Waals surface area (Å²) in [6, 6.07) is 5.06. The van der Waals surface area contributed by atoms with Crippen molar-refractivity contribution in [3.8, 4) is 5.75 Å². The number of rotatable bonds is 7. The summed E-state index contributed by atoms with van der Waals surface area (Å²) in [7, 11) is 3.72. The number of carbonyl (C=O) groups is 1. The van der Waals surface area contributed by atoms with Gasteiger partial charge in [0.25, 0.3) is 5.91 Å². The van der Waals surface area contributed by atoms with E-state index in [9.17, 15) is 9.90 Å². The summed E-state index contributed by atoms with van der Waals surface area (Å²) < 4.78 is 6.07. The van der Waals surface area contributed by atoms with Gasteiger partial charge in [-0.3, -0.25) is 4.79 Å². The lowest BCUT2D eigenvalue weighted by molar-refractivity contribution is -0.124. The molecule has 1 aromatic rings. The van der Waals surface area contributed by atoms with Crippen molar-refractivity contribution in [3.63, 3.8) is 0 Å². The molecule has 0 aliphatic heterocycles. The van der Waals surface area contributed by atoms with Crippen LogP contribution in [0, 0.1) is 0 Å². The van der Waals surface area contributed by atoms with Crippen LogP contribution in [0.4, 0.5) is 0 Å². The molecule has 21 heavy (non-hydrogen) atoms. The first-order chi connectivity index (χ1) is 9.69. The molecule has 5 nitrogen and oxygen atoms in total. The predicted molar refractivity (Wildman–Crippen MR) is 86.8 cm³/mol. The van der Waals surface area contributed by atoms with E-state index in [0.717, 1.165) is 0 Å². The quantitative estimate of drug-likeness (QED) is 0.760. The number of carbonyl (C=O) groups excluding carboxylic acids is 1. The molecule has 1 unspecified atom stereocenters. The highest BCUT2D eigenvalue weighted by atomic mass is 79.9. The lowest BCUT2D eigenvalue weighted by Gasteiger charge is -2.27. The van der Waals surface area contributed by atoms with Crippen molar-refractivity contribution in [2.24, 2.45) is 0 Å². The Kier molecular flexibility index (Phi) is 6.93. The Morgan fingerprint density at radius 2 is 2.19 bits per heavy atom. The van der Waals surface area contributed by atoms with Gasteiger partial charge in [-0.15, -0.1) is 0 Å². The lowest BCUT2D eigenvalue weighted by atomic mass is 10.1. The van der Waals surface area contributed by atoms with Gasteiger partial charge < -0.3 is 20.1 Å². The van der Waals surface area contributed by atoms with E-state index < -0.39 is 5.60 Å². The molecule has 0 spiro atoms. The molecule has 0 bridgehead atoms. The van der Waals surface area contributed by atoms with Crippen molar-refractivity contribution in [2.75, 3.05) is 33.8 Å². The second-order valence-electron chi connectivity index (χ2n) is 5.37. The van der Waals surface area contributed by atoms with E-state index in [-0.39, 0.29) is 19.1 Å². The first kappa shape index (κ1) is 18.2. The average molecular weight is 380 g/mol. The van der Waals surface area contributed by atoms with Gasteiger partial charge in [0, 0.05) is 18.1 Å². The molecule has 1 atom stereocenters. The van der Waals surface area contributed by atoms with Crippen LogP contribution in [0.1, 0.15) is 6.92 Å². The van der Waals surface area contributed by atoms with Gasteiger partial charge in [0.1, 0.15) is 5.75 Å². The molecule has 0 radical (unpaired) electrons. The van der Waals surface area contributed by atoms with Crippen molar-refractivity contribution in [2.45, 2.75) is 12.5 Å². The molecule has 1 amide bonds. The van der Waals surface area contributed by atoms with E-state index in [4.69, 9.17) is 16.3 Å². The van der Waals surface area contributed by atoms with Crippen molar-refractivity contribution in [1.82, 2.24) is 10.2 Å². The van der Waals surface area contributed by atoms with Crippen LogP contribution in [0.2, 0.25) is 5.02 Å². The third kappa shape index (κ3) is 7.13. The van der Waals surface area contributed by atoms with E-state index in [1.807, 2.05) is 19.0 Å². The van der Waals surface area contributed by atoms with E-state index in [0.29, 0.717) is 21.8 Å². The predicted octanol–water partition coefficient (Wildman–Crippen LogP) is 1.91. The largest absolute Gasteiger partial charge is 0.483 e. The van der Waals surface area contributed by atoms with Gasteiger partial charge in [0.15, 0.2) is 6.61 Å². The molecule has 118 valence electrons. The molecule has 0 aromatic heterocycles. The van der Waals surface area contributed by atoms with Gasteiger partial charge >= 0.3 is 0 Å². The van der Waals surface area contributed by atoms with Gasteiger partial charge in [0.2, 0.25) is 0 Å². The fourth-order valence-corrected chi connectivity index (χ4v) is 2.61. The molecular weight excluding hydrogens is 360 g/mol. The Morgan fingerprint density at radius 1 is 1.52 bits per heavy atom. The molecule has 0 fully saturated rings. The van der Waals surface area contributed by atoms with E-state index in [2.05, 4.69) is 21.2 Å². The van der Waals surface area contributed by atoms with Crippen LogP contribution in [-0.2, 0) is 4.79 Å². The van der Waals surface area contributed by atoms with Crippen LogP contribution in [0.25, 0.3) is 0 Å². The minimum absolute atomic E-state index is 0.127. The number of nitrogens with one attached hydrogen (secondary N) is 1. The maximum atomic E-state index is 11.7. The summed E-state index contributed by atoms with van der Waals surface area (Å²) in [5, 5.41) is 13.3. The summed E-state index contributed by atoms with van der Waals surface area (Å²) in [5.74, 6) is 0.241. The van der Waals surface area contributed by atoms with Gasteiger partial charge in [-0.05, 0) is 55.1 Å². The molecule has 1 rings (SSSR count). The highest BCUT2D eigenvalue weighted by molar-refractivity contribution is 9.10. The molecule has 0 heterocycles. The fourth-order valence-electron chi connectivity index (χ4n) is 1.81. The van der Waals surface area contributed by atoms with Crippen LogP contribution in [0.5, 0.6) is 5.75 Å². The van der Waals surface area contributed by atoms with E-state index in [1.165, 1.54) is 0 Å². The monoisotopic (exact) mass is 378 g/mol. The van der Waals surface area contributed by atoms with Crippen molar-refractivity contribution >= 4 is 33.4 Å². The number of hydrogen-bond acceptors (Lipinski definition) is 4. The SMILES string of the molecule is CN(C)CC(C)(O)CNC(=O)COc1ccc(Cl)cc1Br. The summed E-state index contributed by atoms with van der Waals surface area (Å²) in [5.41, 5.74) is -0.986. The van der Waals surface area contributed by atoms with Crippen LogP contribution in [0.3, 0.4) is 0 Å². The maximum Gasteiger partial charge on any atom is 0.258 e. The zero-order valence-electron chi connectivity index (χ0n) is 12.3. The smallest absolute Gasteiger partial charge is 0.258 e. The van der Waals surface area contributed by atoms with Gasteiger partial charge in [-0.1, -0.05) is 11.6 Å². The van der Waals surface area contributed by atoms with Crippen molar-refractivity contribution in [1.29, 1.82) is 0 Å². The topological polar surface area (TPSA) is 61.8 Å². The molecule has 0 aliphatic carbocycles. The first-order valence-corrected chi connectivity index (χ1v) is 7.58. The lowest BCUT2D eigenvalue weighted by Crippen LogP contribution is -2.47. The minimum Gasteiger partial charge on any atom is -0.483 e. The third-order valence-corrected chi connectivity index (χ3v) is 3.43. The standard InChI is InChI=1S/C14H20BrClN2O3/c1-14(20,9-18(2)3)8-17-13(19)7-21-12-5-4-10(16)6-11(12)15/h4-6,20H,7-9H2,1-3H3,(H,17,19). The highest BCUT2D eigenvalue weighted by Crippen LogP contribution is 2.27. The summed E-state index contributed by atoms with van der Waals surface area (Å²) in [6.45, 7) is 2.16. The Hall–Kier alpha value is -0.820. The van der Waals surface area contributed by atoms with E-state index >= 15 is 0 Å². The molecule has 2 N–H and O–H groups in total. The van der Waals surface area contributed by atoms with Crippen LogP contribution in [-0.4, -0.2) is 55.3 Å². The molecule has 1 aromatic carbocycles.